The predicted molar refractivity (Wildman–Crippen MR) is 88.9 cm³/mol. The Morgan fingerprint density at radius 3 is 2.67 bits per heavy atom. The molecular formula is C18H24N2O4. The highest BCUT2D eigenvalue weighted by atomic mass is 16.7. The summed E-state index contributed by atoms with van der Waals surface area (Å²) in [6.45, 7) is 0.297. The lowest BCUT2D eigenvalue weighted by molar-refractivity contribution is -0.126. The zero-order valence-corrected chi connectivity index (χ0v) is 13.8. The van der Waals surface area contributed by atoms with Gasteiger partial charge in [-0.05, 0) is 37.0 Å². The number of aryl methyl sites for hydroxylation is 1. The average molecular weight is 332 g/mol. The van der Waals surface area contributed by atoms with E-state index >= 15 is 0 Å². The fourth-order valence-corrected chi connectivity index (χ4v) is 3.15. The second kappa shape index (κ2) is 8.04. The van der Waals surface area contributed by atoms with Crippen molar-refractivity contribution in [2.45, 2.75) is 51.0 Å². The maximum atomic E-state index is 11.9. The van der Waals surface area contributed by atoms with Crippen LogP contribution >= 0.6 is 0 Å². The van der Waals surface area contributed by atoms with Gasteiger partial charge in [-0.1, -0.05) is 25.3 Å². The lowest BCUT2D eigenvalue weighted by atomic mass is 9.95. The molecule has 6 nitrogen and oxygen atoms in total. The molecule has 6 heteroatoms. The lowest BCUT2D eigenvalue weighted by Crippen LogP contribution is -2.42. The van der Waals surface area contributed by atoms with Gasteiger partial charge in [-0.15, -0.1) is 0 Å². The Balaban J connectivity index is 1.35. The first kappa shape index (κ1) is 16.6. The summed E-state index contributed by atoms with van der Waals surface area (Å²) >= 11 is 0. The molecule has 0 radical (unpaired) electrons. The molecule has 0 unspecified atom stereocenters. The van der Waals surface area contributed by atoms with Crippen LogP contribution in [0.5, 0.6) is 11.5 Å². The maximum Gasteiger partial charge on any atom is 0.239 e. The second-order valence-corrected chi connectivity index (χ2v) is 6.37. The van der Waals surface area contributed by atoms with E-state index in [0.717, 1.165) is 29.9 Å². The number of amides is 2. The van der Waals surface area contributed by atoms with Gasteiger partial charge >= 0.3 is 0 Å². The highest BCUT2D eigenvalue weighted by Crippen LogP contribution is 2.32. The summed E-state index contributed by atoms with van der Waals surface area (Å²) in [6.07, 6.45) is 6.64. The largest absolute Gasteiger partial charge is 0.454 e. The Hall–Kier alpha value is -2.24. The van der Waals surface area contributed by atoms with Crippen molar-refractivity contribution in [2.24, 2.45) is 0 Å². The third kappa shape index (κ3) is 4.63. The van der Waals surface area contributed by atoms with Crippen molar-refractivity contribution in [1.29, 1.82) is 0 Å². The van der Waals surface area contributed by atoms with Gasteiger partial charge in [-0.3, -0.25) is 9.59 Å². The highest BCUT2D eigenvalue weighted by Gasteiger charge is 2.16. The molecule has 1 aromatic carbocycles. The number of hydrogen-bond donors (Lipinski definition) is 2. The second-order valence-electron chi connectivity index (χ2n) is 6.37. The topological polar surface area (TPSA) is 76.7 Å². The van der Waals surface area contributed by atoms with Gasteiger partial charge in [0.1, 0.15) is 0 Å². The van der Waals surface area contributed by atoms with Crippen LogP contribution in [-0.4, -0.2) is 31.2 Å². The van der Waals surface area contributed by atoms with Crippen LogP contribution in [0.3, 0.4) is 0 Å². The number of rotatable bonds is 6. The number of carbonyl (C=O) groups excluding carboxylic acids is 2. The number of nitrogens with one attached hydrogen (secondary N) is 2. The molecule has 0 aromatic heterocycles. The maximum absolute atomic E-state index is 11.9. The van der Waals surface area contributed by atoms with Crippen molar-refractivity contribution < 1.29 is 19.1 Å². The Morgan fingerprint density at radius 2 is 1.83 bits per heavy atom. The van der Waals surface area contributed by atoms with Gasteiger partial charge in [0.2, 0.25) is 18.6 Å². The van der Waals surface area contributed by atoms with Crippen molar-refractivity contribution in [2.75, 3.05) is 13.3 Å². The molecule has 1 saturated carbocycles. The fraction of sp³-hybridized carbons (Fsp3) is 0.556. The normalized spacial score (nSPS) is 16.7. The van der Waals surface area contributed by atoms with Crippen molar-refractivity contribution >= 4 is 11.8 Å². The lowest BCUT2D eigenvalue weighted by Gasteiger charge is -2.22. The van der Waals surface area contributed by atoms with Gasteiger partial charge in [-0.2, -0.15) is 0 Å². The molecule has 0 atom stereocenters. The summed E-state index contributed by atoms with van der Waals surface area (Å²) in [4.78, 5) is 23.8. The van der Waals surface area contributed by atoms with Gasteiger partial charge in [0.05, 0.1) is 6.54 Å². The molecule has 130 valence electrons. The third-order valence-corrected chi connectivity index (χ3v) is 4.49. The van der Waals surface area contributed by atoms with E-state index in [0.29, 0.717) is 12.8 Å². The molecule has 3 rings (SSSR count). The summed E-state index contributed by atoms with van der Waals surface area (Å²) in [5, 5.41) is 5.68. The molecule has 1 aliphatic heterocycles. The van der Waals surface area contributed by atoms with Gasteiger partial charge in [-0.25, -0.2) is 0 Å². The minimum absolute atomic E-state index is 0.0521. The molecule has 0 bridgehead atoms. The summed E-state index contributed by atoms with van der Waals surface area (Å²) in [7, 11) is 0. The first-order valence-corrected chi connectivity index (χ1v) is 8.65. The van der Waals surface area contributed by atoms with Crippen LogP contribution in [0.2, 0.25) is 0 Å². The monoisotopic (exact) mass is 332 g/mol. The molecule has 2 N–H and O–H groups in total. The standard InChI is InChI=1S/C18H24N2O4/c21-17(19-11-18(22)20-14-4-2-1-3-5-14)9-7-13-6-8-15-16(10-13)24-12-23-15/h6,8,10,14H,1-5,7,9,11-12H2,(H,19,21)(H,20,22). The van der Waals surface area contributed by atoms with Gasteiger partial charge in [0, 0.05) is 12.5 Å². The molecule has 24 heavy (non-hydrogen) atoms. The predicted octanol–water partition coefficient (Wildman–Crippen LogP) is 1.91. The number of fused-ring (bicyclic) bond motifs is 1. The Labute approximate surface area is 141 Å². The van der Waals surface area contributed by atoms with E-state index in [1.54, 1.807) is 0 Å². The molecule has 0 saturated heterocycles. The van der Waals surface area contributed by atoms with Gasteiger partial charge in [0.15, 0.2) is 11.5 Å². The third-order valence-electron chi connectivity index (χ3n) is 4.49. The number of hydrogen-bond acceptors (Lipinski definition) is 4. The molecule has 1 aliphatic carbocycles. The van der Waals surface area contributed by atoms with E-state index < -0.39 is 0 Å². The van der Waals surface area contributed by atoms with Crippen LogP contribution in [0, 0.1) is 0 Å². The minimum atomic E-state index is -0.119. The van der Waals surface area contributed by atoms with Crippen molar-refractivity contribution in [3.8, 4) is 11.5 Å². The van der Waals surface area contributed by atoms with Crippen LogP contribution < -0.4 is 20.1 Å². The van der Waals surface area contributed by atoms with E-state index in [4.69, 9.17) is 9.47 Å². The highest BCUT2D eigenvalue weighted by molar-refractivity contribution is 5.84. The Kier molecular flexibility index (Phi) is 5.56. The Morgan fingerprint density at radius 1 is 1.04 bits per heavy atom. The summed E-state index contributed by atoms with van der Waals surface area (Å²) < 4.78 is 10.6. The fourth-order valence-electron chi connectivity index (χ4n) is 3.15. The van der Waals surface area contributed by atoms with Crippen molar-refractivity contribution in [3.05, 3.63) is 23.8 Å². The van der Waals surface area contributed by atoms with E-state index in [-0.39, 0.29) is 31.2 Å². The molecule has 2 amide bonds. The SMILES string of the molecule is O=C(CCc1ccc2c(c1)OCO2)NCC(=O)NC1CCCCC1. The number of carbonyl (C=O) groups is 2. The summed E-state index contributed by atoms with van der Waals surface area (Å²) in [5.41, 5.74) is 1.01. The summed E-state index contributed by atoms with van der Waals surface area (Å²) in [6, 6.07) is 5.95. The molecule has 1 fully saturated rings. The first-order valence-electron chi connectivity index (χ1n) is 8.65. The smallest absolute Gasteiger partial charge is 0.239 e. The minimum Gasteiger partial charge on any atom is -0.454 e. The van der Waals surface area contributed by atoms with Crippen LogP contribution in [0.15, 0.2) is 18.2 Å². The van der Waals surface area contributed by atoms with Crippen molar-refractivity contribution in [3.63, 3.8) is 0 Å². The first-order chi connectivity index (χ1) is 11.7. The molecular weight excluding hydrogens is 308 g/mol. The zero-order chi connectivity index (χ0) is 16.8. The van der Waals surface area contributed by atoms with Crippen LogP contribution in [0.25, 0.3) is 0 Å². The van der Waals surface area contributed by atoms with Crippen molar-refractivity contribution in [1.82, 2.24) is 10.6 Å². The Bertz CT molecular complexity index is 597. The van der Waals surface area contributed by atoms with E-state index in [2.05, 4.69) is 10.6 Å². The average Bonchev–Trinajstić information content (AvgIpc) is 3.07. The zero-order valence-electron chi connectivity index (χ0n) is 13.8. The summed E-state index contributed by atoms with van der Waals surface area (Å²) in [5.74, 6) is 1.24. The molecule has 1 aromatic rings. The molecule has 2 aliphatic rings. The number of benzene rings is 1. The number of ether oxygens (including phenoxy) is 2. The van der Waals surface area contributed by atoms with Gasteiger partial charge in [0.25, 0.3) is 0 Å². The molecule has 0 spiro atoms. The quantitative estimate of drug-likeness (QED) is 0.834. The van der Waals surface area contributed by atoms with Crippen LogP contribution in [0.1, 0.15) is 44.1 Å². The van der Waals surface area contributed by atoms with E-state index in [9.17, 15) is 9.59 Å². The van der Waals surface area contributed by atoms with E-state index in [1.807, 2.05) is 18.2 Å². The van der Waals surface area contributed by atoms with E-state index in [1.165, 1.54) is 19.3 Å². The van der Waals surface area contributed by atoms with Gasteiger partial charge < -0.3 is 20.1 Å². The van der Waals surface area contributed by atoms with Crippen LogP contribution in [0.4, 0.5) is 0 Å². The van der Waals surface area contributed by atoms with Crippen LogP contribution in [-0.2, 0) is 16.0 Å². The molecule has 1 heterocycles.